The van der Waals surface area contributed by atoms with Gasteiger partial charge in [0.1, 0.15) is 0 Å². The molecule has 21 heavy (non-hydrogen) atoms. The molecule has 0 aliphatic rings. The molecule has 0 atom stereocenters. The number of carbonyl (C=O) groups excluding carboxylic acids is 1. The van der Waals surface area contributed by atoms with Gasteiger partial charge in [0, 0.05) is 11.1 Å². The minimum absolute atomic E-state index is 0.192. The number of aromatic nitrogens is 2. The maximum atomic E-state index is 12.1. The number of nitrogens with one attached hydrogen (secondary N) is 1. The largest absolute Gasteiger partial charge is 0.343 e. The van der Waals surface area contributed by atoms with Crippen molar-refractivity contribution in [1.82, 2.24) is 15.5 Å². The van der Waals surface area contributed by atoms with E-state index in [0.717, 1.165) is 11.1 Å². The van der Waals surface area contributed by atoms with Gasteiger partial charge in [-0.1, -0.05) is 23.1 Å². The molecule has 1 heterocycles. The van der Waals surface area contributed by atoms with Gasteiger partial charge in [0.05, 0.1) is 13.1 Å². The number of carbonyl (C=O) groups is 1. The van der Waals surface area contributed by atoms with E-state index in [0.29, 0.717) is 17.3 Å². The van der Waals surface area contributed by atoms with Crippen LogP contribution in [0.25, 0.3) is 0 Å². The van der Waals surface area contributed by atoms with Gasteiger partial charge in [-0.3, -0.25) is 4.79 Å². The predicted octanol–water partition coefficient (Wildman–Crippen LogP) is 0.927. The summed E-state index contributed by atoms with van der Waals surface area (Å²) in [5.74, 6) is 6.42. The van der Waals surface area contributed by atoms with Crippen LogP contribution in [0.2, 0.25) is 0 Å². The third kappa shape index (κ3) is 3.91. The normalized spacial score (nSPS) is 9.86. The Bertz CT molecular complexity index is 710. The van der Waals surface area contributed by atoms with Crippen molar-refractivity contribution in [3.8, 4) is 11.8 Å². The summed E-state index contributed by atoms with van der Waals surface area (Å²) in [7, 11) is 0. The Labute approximate surface area is 122 Å². The summed E-state index contributed by atoms with van der Waals surface area (Å²) in [6.07, 6.45) is 0. The zero-order valence-electron chi connectivity index (χ0n) is 11.9. The lowest BCUT2D eigenvalue weighted by Gasteiger charge is -2.05. The van der Waals surface area contributed by atoms with Crippen LogP contribution in [-0.2, 0) is 6.54 Å². The summed E-state index contributed by atoms with van der Waals surface area (Å²) in [4.78, 5) is 16.1. The number of nitrogens with two attached hydrogens (primary N) is 1. The van der Waals surface area contributed by atoms with Crippen LogP contribution in [-0.4, -0.2) is 22.6 Å². The fraction of sp³-hybridized carbons (Fsp3) is 0.267. The molecule has 3 N–H and O–H groups in total. The fourth-order valence-electron chi connectivity index (χ4n) is 1.71. The molecule has 1 amide bonds. The zero-order chi connectivity index (χ0) is 15.2. The third-order valence-electron chi connectivity index (χ3n) is 2.79. The minimum Gasteiger partial charge on any atom is -0.343 e. The second-order valence-corrected chi connectivity index (χ2v) is 4.45. The van der Waals surface area contributed by atoms with Crippen LogP contribution < -0.4 is 11.1 Å². The Morgan fingerprint density at radius 2 is 2.24 bits per heavy atom. The summed E-state index contributed by atoms with van der Waals surface area (Å²) in [6.45, 7) is 4.13. The third-order valence-corrected chi connectivity index (χ3v) is 2.79. The number of nitrogens with zero attached hydrogens (tertiary/aromatic N) is 2. The van der Waals surface area contributed by atoms with Gasteiger partial charge < -0.3 is 15.6 Å². The van der Waals surface area contributed by atoms with Crippen LogP contribution in [0.15, 0.2) is 22.7 Å². The monoisotopic (exact) mass is 284 g/mol. The minimum atomic E-state index is -0.221. The maximum Gasteiger partial charge on any atom is 0.251 e. The highest BCUT2D eigenvalue weighted by Crippen LogP contribution is 2.10. The van der Waals surface area contributed by atoms with Crippen LogP contribution in [0.1, 0.15) is 33.2 Å². The highest BCUT2D eigenvalue weighted by atomic mass is 16.5. The van der Waals surface area contributed by atoms with E-state index in [1.54, 1.807) is 19.1 Å². The topological polar surface area (TPSA) is 94.0 Å². The van der Waals surface area contributed by atoms with Gasteiger partial charge in [0.25, 0.3) is 5.91 Å². The number of amides is 1. The molecule has 0 radical (unpaired) electrons. The lowest BCUT2D eigenvalue weighted by atomic mass is 10.0. The van der Waals surface area contributed by atoms with Crippen molar-refractivity contribution in [2.24, 2.45) is 5.73 Å². The van der Waals surface area contributed by atoms with Crippen molar-refractivity contribution in [3.63, 3.8) is 0 Å². The second kappa shape index (κ2) is 6.68. The predicted molar refractivity (Wildman–Crippen MR) is 77.3 cm³/mol. The Hall–Kier alpha value is -2.65. The van der Waals surface area contributed by atoms with Crippen LogP contribution in [0.3, 0.4) is 0 Å². The molecular formula is C15H16N4O2. The van der Waals surface area contributed by atoms with E-state index in [9.17, 15) is 4.79 Å². The lowest BCUT2D eigenvalue weighted by molar-refractivity contribution is 0.0946. The summed E-state index contributed by atoms with van der Waals surface area (Å²) in [5.41, 5.74) is 7.68. The van der Waals surface area contributed by atoms with E-state index in [1.165, 1.54) is 0 Å². The first kappa shape index (κ1) is 14.8. The molecule has 1 aromatic heterocycles. The molecule has 0 saturated heterocycles. The number of rotatable bonds is 3. The second-order valence-electron chi connectivity index (χ2n) is 4.45. The molecular weight excluding hydrogens is 268 g/mol. The van der Waals surface area contributed by atoms with Crippen molar-refractivity contribution in [2.45, 2.75) is 20.4 Å². The van der Waals surface area contributed by atoms with E-state index in [2.05, 4.69) is 27.3 Å². The zero-order valence-corrected chi connectivity index (χ0v) is 11.9. The number of benzene rings is 1. The molecule has 6 nitrogen and oxygen atoms in total. The standard InChI is InChI=1S/C15H16N4O2/c1-10-5-6-13(8-12(10)4-3-7-16)15(20)17-9-14-18-11(2)19-21-14/h5-6,8H,7,9,16H2,1-2H3,(H,17,20). The van der Waals surface area contributed by atoms with Gasteiger partial charge in [-0.15, -0.1) is 0 Å². The molecule has 0 saturated carbocycles. The van der Waals surface area contributed by atoms with E-state index >= 15 is 0 Å². The van der Waals surface area contributed by atoms with Crippen molar-refractivity contribution < 1.29 is 9.32 Å². The van der Waals surface area contributed by atoms with E-state index < -0.39 is 0 Å². The van der Waals surface area contributed by atoms with Crippen molar-refractivity contribution >= 4 is 5.91 Å². The molecule has 0 unspecified atom stereocenters. The molecule has 1 aromatic carbocycles. The Balaban J connectivity index is 2.08. The summed E-state index contributed by atoms with van der Waals surface area (Å²) >= 11 is 0. The molecule has 6 heteroatoms. The lowest BCUT2D eigenvalue weighted by Crippen LogP contribution is -2.23. The first-order valence-electron chi connectivity index (χ1n) is 6.47. The van der Waals surface area contributed by atoms with Gasteiger partial charge in [-0.2, -0.15) is 4.98 Å². The summed E-state index contributed by atoms with van der Waals surface area (Å²) in [6, 6.07) is 5.34. The molecule has 2 rings (SSSR count). The first-order valence-corrected chi connectivity index (χ1v) is 6.47. The van der Waals surface area contributed by atoms with Crippen molar-refractivity contribution in [3.05, 3.63) is 46.6 Å². The first-order chi connectivity index (χ1) is 10.1. The maximum absolute atomic E-state index is 12.1. The van der Waals surface area contributed by atoms with E-state index in [1.807, 2.05) is 13.0 Å². The molecule has 108 valence electrons. The number of hydrogen-bond acceptors (Lipinski definition) is 5. The Morgan fingerprint density at radius 1 is 1.43 bits per heavy atom. The van der Waals surface area contributed by atoms with Gasteiger partial charge in [-0.25, -0.2) is 0 Å². The molecule has 0 aliphatic carbocycles. The number of hydrogen-bond donors (Lipinski definition) is 2. The van der Waals surface area contributed by atoms with Gasteiger partial charge >= 0.3 is 0 Å². The Morgan fingerprint density at radius 3 is 2.90 bits per heavy atom. The van der Waals surface area contributed by atoms with Gasteiger partial charge in [-0.05, 0) is 31.5 Å². The summed E-state index contributed by atoms with van der Waals surface area (Å²) < 4.78 is 4.93. The van der Waals surface area contributed by atoms with Crippen LogP contribution in [0, 0.1) is 25.7 Å². The van der Waals surface area contributed by atoms with Crippen LogP contribution in [0.5, 0.6) is 0 Å². The molecule has 0 bridgehead atoms. The number of aryl methyl sites for hydroxylation is 2. The molecule has 0 spiro atoms. The highest BCUT2D eigenvalue weighted by Gasteiger charge is 2.09. The molecule has 2 aromatic rings. The van der Waals surface area contributed by atoms with Gasteiger partial charge in [0.2, 0.25) is 5.89 Å². The van der Waals surface area contributed by atoms with Crippen LogP contribution in [0.4, 0.5) is 0 Å². The fourth-order valence-corrected chi connectivity index (χ4v) is 1.71. The van der Waals surface area contributed by atoms with Crippen LogP contribution >= 0.6 is 0 Å². The van der Waals surface area contributed by atoms with Crippen molar-refractivity contribution in [2.75, 3.05) is 6.54 Å². The highest BCUT2D eigenvalue weighted by molar-refractivity contribution is 5.94. The van der Waals surface area contributed by atoms with Crippen molar-refractivity contribution in [1.29, 1.82) is 0 Å². The smallest absolute Gasteiger partial charge is 0.251 e. The quantitative estimate of drug-likeness (QED) is 0.818. The molecule has 0 aliphatic heterocycles. The van der Waals surface area contributed by atoms with E-state index in [-0.39, 0.29) is 19.0 Å². The SMILES string of the molecule is Cc1noc(CNC(=O)c2ccc(C)c(C#CCN)c2)n1. The summed E-state index contributed by atoms with van der Waals surface area (Å²) in [5, 5.41) is 6.38. The Kier molecular flexibility index (Phi) is 4.69. The average Bonchev–Trinajstić information content (AvgIpc) is 2.89. The van der Waals surface area contributed by atoms with E-state index in [4.69, 9.17) is 10.3 Å². The van der Waals surface area contributed by atoms with Gasteiger partial charge in [0.15, 0.2) is 5.82 Å². The molecule has 0 fully saturated rings. The average molecular weight is 284 g/mol.